The lowest BCUT2D eigenvalue weighted by Crippen LogP contribution is -1.95. The molecule has 0 spiro atoms. The first kappa shape index (κ1) is 20.5. The first-order valence-electron chi connectivity index (χ1n) is 8.24. The van der Waals surface area contributed by atoms with Gasteiger partial charge in [-0.05, 0) is 68.5 Å². The van der Waals surface area contributed by atoms with Crippen molar-refractivity contribution in [2.24, 2.45) is 0 Å². The first-order chi connectivity index (χ1) is 11.8. The highest BCUT2D eigenvalue weighted by Gasteiger charge is 2.08. The van der Waals surface area contributed by atoms with E-state index in [2.05, 4.69) is 43.7 Å². The average molecular weight is 340 g/mol. The van der Waals surface area contributed by atoms with Gasteiger partial charge in [0, 0.05) is 6.08 Å². The molecule has 1 aromatic carbocycles. The molecule has 0 heterocycles. The number of carbonyl (C=O) groups excluding carboxylic acids is 1. The third-order valence-electron chi connectivity index (χ3n) is 4.11. The fourth-order valence-electron chi connectivity index (χ4n) is 2.45. The third-order valence-corrected chi connectivity index (χ3v) is 4.11. The Morgan fingerprint density at radius 2 is 1.68 bits per heavy atom. The molecule has 0 saturated carbocycles. The van der Waals surface area contributed by atoms with E-state index < -0.39 is 0 Å². The van der Waals surface area contributed by atoms with Gasteiger partial charge >= 0.3 is 5.97 Å². The van der Waals surface area contributed by atoms with Crippen LogP contribution in [-0.2, 0) is 9.53 Å². The number of allylic oxidation sites excluding steroid dienone is 6. The zero-order valence-corrected chi connectivity index (χ0v) is 16.3. The van der Waals surface area contributed by atoms with E-state index in [1.54, 1.807) is 7.11 Å². The van der Waals surface area contributed by atoms with Crippen LogP contribution in [0.3, 0.4) is 0 Å². The monoisotopic (exact) mass is 340 g/mol. The van der Waals surface area contributed by atoms with Crippen LogP contribution in [0.2, 0.25) is 0 Å². The van der Waals surface area contributed by atoms with Gasteiger partial charge in [0.05, 0.1) is 14.2 Å². The Bertz CT molecular complexity index is 747. The van der Waals surface area contributed by atoms with Crippen molar-refractivity contribution in [3.05, 3.63) is 69.8 Å². The van der Waals surface area contributed by atoms with Gasteiger partial charge < -0.3 is 9.47 Å². The van der Waals surface area contributed by atoms with E-state index in [0.717, 1.165) is 22.5 Å². The van der Waals surface area contributed by atoms with Crippen molar-refractivity contribution >= 4 is 12.0 Å². The third kappa shape index (κ3) is 6.11. The largest absolute Gasteiger partial charge is 0.496 e. The van der Waals surface area contributed by atoms with Crippen molar-refractivity contribution in [3.63, 3.8) is 0 Å². The minimum absolute atomic E-state index is 0.344. The van der Waals surface area contributed by atoms with Crippen LogP contribution in [0.5, 0.6) is 5.75 Å². The van der Waals surface area contributed by atoms with Gasteiger partial charge in [0.15, 0.2) is 0 Å². The molecule has 0 radical (unpaired) electrons. The van der Waals surface area contributed by atoms with Crippen molar-refractivity contribution in [2.75, 3.05) is 14.2 Å². The number of rotatable bonds is 6. The topological polar surface area (TPSA) is 35.5 Å². The van der Waals surface area contributed by atoms with E-state index in [-0.39, 0.29) is 5.97 Å². The first-order valence-corrected chi connectivity index (χ1v) is 8.24. The summed E-state index contributed by atoms with van der Waals surface area (Å²) < 4.78 is 10.0. The van der Waals surface area contributed by atoms with Gasteiger partial charge in [-0.25, -0.2) is 4.79 Å². The van der Waals surface area contributed by atoms with Crippen LogP contribution in [0.25, 0.3) is 6.08 Å². The Kier molecular flexibility index (Phi) is 7.93. The predicted octanol–water partition coefficient (Wildman–Crippen LogP) is 5.26. The average Bonchev–Trinajstić information content (AvgIpc) is 2.57. The molecule has 0 aliphatic rings. The van der Waals surface area contributed by atoms with Gasteiger partial charge in [-0.15, -0.1) is 0 Å². The number of esters is 1. The van der Waals surface area contributed by atoms with E-state index in [1.165, 1.54) is 29.9 Å². The van der Waals surface area contributed by atoms with Gasteiger partial charge in [0.2, 0.25) is 0 Å². The minimum atomic E-state index is -0.344. The van der Waals surface area contributed by atoms with Gasteiger partial charge in [-0.2, -0.15) is 0 Å². The van der Waals surface area contributed by atoms with Crippen molar-refractivity contribution in [2.45, 2.75) is 34.6 Å². The Labute approximate surface area is 151 Å². The fourth-order valence-corrected chi connectivity index (χ4v) is 2.45. The molecule has 1 aromatic rings. The molecule has 1 rings (SSSR count). The summed E-state index contributed by atoms with van der Waals surface area (Å²) in [6.07, 6.45) is 11.5. The summed E-state index contributed by atoms with van der Waals surface area (Å²) in [6.45, 7) is 10.2. The maximum absolute atomic E-state index is 11.1. The molecule has 25 heavy (non-hydrogen) atoms. The van der Waals surface area contributed by atoms with Crippen LogP contribution in [0, 0.1) is 20.8 Å². The maximum atomic E-state index is 11.1. The molecule has 0 amide bonds. The lowest BCUT2D eigenvalue weighted by molar-refractivity contribution is -0.134. The molecule has 0 atom stereocenters. The summed E-state index contributed by atoms with van der Waals surface area (Å²) >= 11 is 0. The molecule has 0 fully saturated rings. The van der Waals surface area contributed by atoms with Crippen LogP contribution >= 0.6 is 0 Å². The summed E-state index contributed by atoms with van der Waals surface area (Å²) in [4.78, 5) is 11.1. The summed E-state index contributed by atoms with van der Waals surface area (Å²) in [7, 11) is 3.07. The second-order valence-electron chi connectivity index (χ2n) is 6.07. The Morgan fingerprint density at radius 3 is 2.28 bits per heavy atom. The minimum Gasteiger partial charge on any atom is -0.496 e. The Balaban J connectivity index is 2.94. The number of methoxy groups -OCH3 is 2. The van der Waals surface area contributed by atoms with Crippen molar-refractivity contribution in [1.82, 2.24) is 0 Å². The van der Waals surface area contributed by atoms with Crippen molar-refractivity contribution in [1.29, 1.82) is 0 Å². The lowest BCUT2D eigenvalue weighted by Gasteiger charge is -2.13. The zero-order valence-electron chi connectivity index (χ0n) is 16.3. The summed E-state index contributed by atoms with van der Waals surface area (Å²) in [5.74, 6) is 0.582. The molecule has 3 nitrogen and oxygen atoms in total. The number of benzene rings is 1. The second-order valence-corrected chi connectivity index (χ2v) is 6.07. The van der Waals surface area contributed by atoms with Crippen LogP contribution in [0.1, 0.15) is 36.1 Å². The molecule has 0 bridgehead atoms. The highest BCUT2D eigenvalue weighted by Crippen LogP contribution is 2.28. The highest BCUT2D eigenvalue weighted by atomic mass is 16.5. The number of hydrogen-bond acceptors (Lipinski definition) is 3. The normalized spacial score (nSPS) is 12.9. The van der Waals surface area contributed by atoms with Crippen LogP contribution in [0.15, 0.2) is 47.6 Å². The van der Waals surface area contributed by atoms with Gasteiger partial charge in [-0.3, -0.25) is 0 Å². The van der Waals surface area contributed by atoms with Gasteiger partial charge in [0.25, 0.3) is 0 Å². The number of hydrogen-bond donors (Lipinski definition) is 0. The smallest absolute Gasteiger partial charge is 0.330 e. The Hall–Kier alpha value is -2.55. The molecule has 0 aliphatic heterocycles. The van der Waals surface area contributed by atoms with Crippen LogP contribution in [0.4, 0.5) is 0 Å². The number of aryl methyl sites for hydroxylation is 1. The molecule has 0 aromatic heterocycles. The predicted molar refractivity (Wildman–Crippen MR) is 105 cm³/mol. The van der Waals surface area contributed by atoms with Crippen LogP contribution in [-0.4, -0.2) is 20.2 Å². The Morgan fingerprint density at radius 1 is 1.00 bits per heavy atom. The molecule has 0 saturated heterocycles. The van der Waals surface area contributed by atoms with E-state index >= 15 is 0 Å². The van der Waals surface area contributed by atoms with E-state index in [9.17, 15) is 4.79 Å². The molecule has 0 unspecified atom stereocenters. The van der Waals surface area contributed by atoms with Gasteiger partial charge in [-0.1, -0.05) is 36.0 Å². The van der Waals surface area contributed by atoms with E-state index in [4.69, 9.17) is 4.74 Å². The van der Waals surface area contributed by atoms with Crippen molar-refractivity contribution in [3.8, 4) is 5.75 Å². The molecule has 0 aliphatic carbocycles. The molecule has 0 N–H and O–H groups in total. The summed E-state index contributed by atoms with van der Waals surface area (Å²) in [5, 5.41) is 0. The maximum Gasteiger partial charge on any atom is 0.330 e. The SMILES string of the molecule is COC(=O)C=C(C)C=CC=C(C)C=Cc1c(C)cc(OC)c(C)c1C. The van der Waals surface area contributed by atoms with Gasteiger partial charge in [0.1, 0.15) is 5.75 Å². The van der Waals surface area contributed by atoms with Crippen molar-refractivity contribution < 1.29 is 14.3 Å². The highest BCUT2D eigenvalue weighted by molar-refractivity contribution is 5.83. The number of ether oxygens (including phenoxy) is 2. The fraction of sp³-hybridized carbons (Fsp3) is 0.318. The zero-order chi connectivity index (χ0) is 19.0. The quantitative estimate of drug-likeness (QED) is 0.403. The standard InChI is InChI=1S/C22H28O3/c1-15(9-8-10-16(2)13-22(23)25-7)11-12-20-17(3)14-21(24-6)19(5)18(20)4/h8-14H,1-7H3. The summed E-state index contributed by atoms with van der Waals surface area (Å²) in [5.41, 5.74) is 6.77. The van der Waals surface area contributed by atoms with E-state index in [1.807, 2.05) is 32.1 Å². The lowest BCUT2D eigenvalue weighted by atomic mass is 9.96. The molecule has 134 valence electrons. The molecular formula is C22H28O3. The van der Waals surface area contributed by atoms with E-state index in [0.29, 0.717) is 0 Å². The molecule has 3 heteroatoms. The molecular weight excluding hydrogens is 312 g/mol. The van der Waals surface area contributed by atoms with Crippen LogP contribution < -0.4 is 4.74 Å². The number of carbonyl (C=O) groups is 1. The summed E-state index contributed by atoms with van der Waals surface area (Å²) in [6, 6.07) is 2.07. The second kappa shape index (κ2) is 9.67.